The Morgan fingerprint density at radius 1 is 1.07 bits per heavy atom. The molecule has 27 heavy (non-hydrogen) atoms. The lowest BCUT2D eigenvalue weighted by Gasteiger charge is -2.29. The monoisotopic (exact) mass is 366 g/mol. The maximum atomic E-state index is 12.8. The van der Waals surface area contributed by atoms with Gasteiger partial charge in [-0.15, -0.1) is 0 Å². The molecule has 1 fully saturated rings. The molecule has 1 unspecified atom stereocenters. The van der Waals surface area contributed by atoms with E-state index in [2.05, 4.69) is 34.5 Å². The Morgan fingerprint density at radius 3 is 2.44 bits per heavy atom. The molecule has 0 bridgehead atoms. The SMILES string of the molecule is COc1cc(NC(=O)CN(C2CC2)C2CCc3ccccc32)cc(OC)c1. The van der Waals surface area contributed by atoms with Gasteiger partial charge in [0.1, 0.15) is 11.5 Å². The quantitative estimate of drug-likeness (QED) is 0.810. The van der Waals surface area contributed by atoms with Crippen molar-refractivity contribution in [1.82, 2.24) is 4.90 Å². The van der Waals surface area contributed by atoms with Crippen molar-refractivity contribution in [3.8, 4) is 11.5 Å². The number of nitrogens with one attached hydrogen (secondary N) is 1. The van der Waals surface area contributed by atoms with Gasteiger partial charge in [0.2, 0.25) is 5.91 Å². The van der Waals surface area contributed by atoms with E-state index in [4.69, 9.17) is 9.47 Å². The van der Waals surface area contributed by atoms with Crippen molar-refractivity contribution in [3.05, 3.63) is 53.6 Å². The molecule has 5 nitrogen and oxygen atoms in total. The molecule has 0 aromatic heterocycles. The average Bonchev–Trinajstić information content (AvgIpc) is 3.44. The highest BCUT2D eigenvalue weighted by Gasteiger charge is 2.38. The van der Waals surface area contributed by atoms with Gasteiger partial charge in [0.25, 0.3) is 0 Å². The van der Waals surface area contributed by atoms with Crippen LogP contribution < -0.4 is 14.8 Å². The fourth-order valence-electron chi connectivity index (χ4n) is 4.03. The number of carbonyl (C=O) groups is 1. The smallest absolute Gasteiger partial charge is 0.238 e. The van der Waals surface area contributed by atoms with Crippen LogP contribution in [0.2, 0.25) is 0 Å². The van der Waals surface area contributed by atoms with Gasteiger partial charge in [-0.1, -0.05) is 24.3 Å². The molecule has 0 aliphatic heterocycles. The third-order valence-electron chi connectivity index (χ3n) is 5.48. The number of hydrogen-bond donors (Lipinski definition) is 1. The van der Waals surface area contributed by atoms with E-state index in [-0.39, 0.29) is 5.91 Å². The maximum absolute atomic E-state index is 12.8. The van der Waals surface area contributed by atoms with E-state index in [9.17, 15) is 4.79 Å². The Balaban J connectivity index is 1.48. The van der Waals surface area contributed by atoms with E-state index >= 15 is 0 Å². The number of ether oxygens (including phenoxy) is 2. The highest BCUT2D eigenvalue weighted by molar-refractivity contribution is 5.92. The first-order valence-electron chi connectivity index (χ1n) is 9.54. The number of amides is 1. The molecular formula is C22H26N2O3. The van der Waals surface area contributed by atoms with Crippen LogP contribution >= 0.6 is 0 Å². The minimum absolute atomic E-state index is 0.00147. The Bertz CT molecular complexity index is 810. The van der Waals surface area contributed by atoms with Crippen molar-refractivity contribution < 1.29 is 14.3 Å². The Labute approximate surface area is 160 Å². The number of anilines is 1. The number of methoxy groups -OCH3 is 2. The summed E-state index contributed by atoms with van der Waals surface area (Å²) in [6.07, 6.45) is 4.55. The summed E-state index contributed by atoms with van der Waals surface area (Å²) in [6.45, 7) is 0.406. The van der Waals surface area contributed by atoms with Crippen LogP contribution in [0.3, 0.4) is 0 Å². The van der Waals surface area contributed by atoms with Crippen LogP contribution in [-0.4, -0.2) is 37.6 Å². The van der Waals surface area contributed by atoms with E-state index in [0.717, 1.165) is 12.8 Å². The van der Waals surface area contributed by atoms with Crippen LogP contribution in [0.4, 0.5) is 5.69 Å². The molecule has 2 aliphatic rings. The van der Waals surface area contributed by atoms with E-state index < -0.39 is 0 Å². The number of fused-ring (bicyclic) bond motifs is 1. The molecule has 0 spiro atoms. The Morgan fingerprint density at radius 2 is 1.78 bits per heavy atom. The molecular weight excluding hydrogens is 340 g/mol. The Hall–Kier alpha value is -2.53. The molecule has 2 aromatic rings. The van der Waals surface area contributed by atoms with Crippen molar-refractivity contribution in [2.45, 2.75) is 37.8 Å². The first-order valence-corrected chi connectivity index (χ1v) is 9.54. The lowest BCUT2D eigenvalue weighted by molar-refractivity contribution is -0.118. The van der Waals surface area contributed by atoms with Crippen molar-refractivity contribution in [2.24, 2.45) is 0 Å². The van der Waals surface area contributed by atoms with Crippen LogP contribution in [-0.2, 0) is 11.2 Å². The minimum atomic E-state index is 0.00147. The zero-order valence-corrected chi connectivity index (χ0v) is 15.9. The molecule has 5 heteroatoms. The van der Waals surface area contributed by atoms with Crippen LogP contribution in [0.1, 0.15) is 36.4 Å². The molecule has 2 aromatic carbocycles. The summed E-state index contributed by atoms with van der Waals surface area (Å²) in [5, 5.41) is 3.01. The van der Waals surface area contributed by atoms with Crippen molar-refractivity contribution in [3.63, 3.8) is 0 Å². The molecule has 1 saturated carbocycles. The molecule has 142 valence electrons. The van der Waals surface area contributed by atoms with Crippen LogP contribution in [0.25, 0.3) is 0 Å². The summed E-state index contributed by atoms with van der Waals surface area (Å²) >= 11 is 0. The topological polar surface area (TPSA) is 50.8 Å². The van der Waals surface area contributed by atoms with Crippen LogP contribution in [0, 0.1) is 0 Å². The van der Waals surface area contributed by atoms with Crippen molar-refractivity contribution >= 4 is 11.6 Å². The number of hydrogen-bond acceptors (Lipinski definition) is 4. The summed E-state index contributed by atoms with van der Waals surface area (Å²) in [5.41, 5.74) is 3.50. The molecule has 4 rings (SSSR count). The van der Waals surface area contributed by atoms with Crippen molar-refractivity contribution in [2.75, 3.05) is 26.1 Å². The fourth-order valence-corrected chi connectivity index (χ4v) is 4.03. The van der Waals surface area contributed by atoms with Crippen LogP contribution in [0.5, 0.6) is 11.5 Å². The second-order valence-corrected chi connectivity index (χ2v) is 7.31. The zero-order valence-electron chi connectivity index (χ0n) is 15.9. The Kier molecular flexibility index (Phi) is 5.03. The molecule has 1 N–H and O–H groups in total. The normalized spacial score (nSPS) is 18.3. The summed E-state index contributed by atoms with van der Waals surface area (Å²) in [5.74, 6) is 1.32. The van der Waals surface area contributed by atoms with Crippen LogP contribution in [0.15, 0.2) is 42.5 Å². The number of aryl methyl sites for hydroxylation is 1. The number of rotatable bonds is 7. The van der Waals surface area contributed by atoms with E-state index in [0.29, 0.717) is 35.8 Å². The van der Waals surface area contributed by atoms with Gasteiger partial charge in [0, 0.05) is 36.0 Å². The van der Waals surface area contributed by atoms with E-state index in [1.807, 2.05) is 12.1 Å². The minimum Gasteiger partial charge on any atom is -0.497 e. The van der Waals surface area contributed by atoms with E-state index in [1.165, 1.54) is 24.0 Å². The molecule has 1 atom stereocenters. The maximum Gasteiger partial charge on any atom is 0.238 e. The fraction of sp³-hybridized carbons (Fsp3) is 0.409. The van der Waals surface area contributed by atoms with Gasteiger partial charge in [-0.2, -0.15) is 0 Å². The summed E-state index contributed by atoms with van der Waals surface area (Å²) < 4.78 is 10.6. The molecule has 1 amide bonds. The highest BCUT2D eigenvalue weighted by Crippen LogP contribution is 2.41. The second kappa shape index (κ2) is 7.61. The first kappa shape index (κ1) is 17.9. The predicted octanol–water partition coefficient (Wildman–Crippen LogP) is 3.79. The van der Waals surface area contributed by atoms with Gasteiger partial charge >= 0.3 is 0 Å². The second-order valence-electron chi connectivity index (χ2n) is 7.31. The standard InChI is InChI=1S/C22H26N2O3/c1-26-18-11-16(12-19(13-18)27-2)23-22(25)14-24(17-8-9-17)21-10-7-15-5-3-4-6-20(15)21/h3-6,11-13,17,21H,7-10,14H2,1-2H3,(H,23,25). The van der Waals surface area contributed by atoms with Gasteiger partial charge in [-0.25, -0.2) is 0 Å². The number of nitrogens with zero attached hydrogens (tertiary/aromatic N) is 1. The third kappa shape index (κ3) is 3.93. The number of benzene rings is 2. The van der Waals surface area contributed by atoms with Gasteiger partial charge in [0.05, 0.1) is 20.8 Å². The lowest BCUT2D eigenvalue weighted by atomic mass is 10.1. The van der Waals surface area contributed by atoms with Gasteiger partial charge < -0.3 is 14.8 Å². The molecule has 0 heterocycles. The van der Waals surface area contributed by atoms with Gasteiger partial charge in [-0.3, -0.25) is 9.69 Å². The summed E-state index contributed by atoms with van der Waals surface area (Å²) in [6, 6.07) is 14.9. The molecule has 2 aliphatic carbocycles. The van der Waals surface area contributed by atoms with Crippen molar-refractivity contribution in [1.29, 1.82) is 0 Å². The number of carbonyl (C=O) groups excluding carboxylic acids is 1. The third-order valence-corrected chi connectivity index (χ3v) is 5.48. The highest BCUT2D eigenvalue weighted by atomic mass is 16.5. The summed E-state index contributed by atoms with van der Waals surface area (Å²) in [7, 11) is 3.21. The van der Waals surface area contributed by atoms with Gasteiger partial charge in [-0.05, 0) is 36.8 Å². The molecule has 0 radical (unpaired) electrons. The molecule has 0 saturated heterocycles. The van der Waals surface area contributed by atoms with Gasteiger partial charge in [0.15, 0.2) is 0 Å². The summed E-state index contributed by atoms with van der Waals surface area (Å²) in [4.78, 5) is 15.2. The zero-order chi connectivity index (χ0) is 18.8. The predicted molar refractivity (Wildman–Crippen MR) is 105 cm³/mol. The lowest BCUT2D eigenvalue weighted by Crippen LogP contribution is -2.37. The average molecular weight is 366 g/mol. The van der Waals surface area contributed by atoms with E-state index in [1.54, 1.807) is 20.3 Å². The first-order chi connectivity index (χ1) is 13.2. The largest absolute Gasteiger partial charge is 0.497 e.